The number of benzene rings is 1. The summed E-state index contributed by atoms with van der Waals surface area (Å²) < 4.78 is 5.62. The molecule has 1 amide bonds. The second-order valence-electron chi connectivity index (χ2n) is 6.28. The van der Waals surface area contributed by atoms with Crippen LogP contribution in [0.15, 0.2) is 18.2 Å². The summed E-state index contributed by atoms with van der Waals surface area (Å²) in [7, 11) is 1.75. The number of nitrogens with zero attached hydrogens (tertiary/aromatic N) is 2. The van der Waals surface area contributed by atoms with E-state index in [-0.39, 0.29) is 5.91 Å². The SMILES string of the molecule is CC1Oc2ccc(C(O)CCN3CCNCC3)cc2N(C)C1=O. The van der Waals surface area contributed by atoms with Crippen molar-refractivity contribution >= 4 is 11.6 Å². The number of rotatable bonds is 4. The van der Waals surface area contributed by atoms with Crippen LogP contribution in [-0.4, -0.2) is 61.8 Å². The van der Waals surface area contributed by atoms with Crippen LogP contribution in [0.4, 0.5) is 5.69 Å². The lowest BCUT2D eigenvalue weighted by Gasteiger charge is -2.31. The molecule has 0 bridgehead atoms. The van der Waals surface area contributed by atoms with Crippen molar-refractivity contribution in [1.82, 2.24) is 10.2 Å². The minimum Gasteiger partial charge on any atom is -0.479 e. The highest BCUT2D eigenvalue weighted by Gasteiger charge is 2.29. The molecule has 126 valence electrons. The van der Waals surface area contributed by atoms with E-state index < -0.39 is 12.2 Å². The van der Waals surface area contributed by atoms with Gasteiger partial charge in [0.15, 0.2) is 6.10 Å². The normalized spacial score (nSPS) is 23.3. The topological polar surface area (TPSA) is 65.0 Å². The van der Waals surface area contributed by atoms with Gasteiger partial charge in [0.2, 0.25) is 0 Å². The van der Waals surface area contributed by atoms with Crippen molar-refractivity contribution in [3.05, 3.63) is 23.8 Å². The molecule has 0 radical (unpaired) electrons. The molecule has 6 heteroatoms. The molecule has 2 heterocycles. The van der Waals surface area contributed by atoms with Gasteiger partial charge in [0.05, 0.1) is 11.8 Å². The van der Waals surface area contributed by atoms with Crippen LogP contribution in [0.25, 0.3) is 0 Å². The van der Waals surface area contributed by atoms with Crippen molar-refractivity contribution in [3.8, 4) is 5.75 Å². The van der Waals surface area contributed by atoms with Gasteiger partial charge in [-0.15, -0.1) is 0 Å². The zero-order valence-electron chi connectivity index (χ0n) is 13.8. The van der Waals surface area contributed by atoms with E-state index in [1.807, 2.05) is 18.2 Å². The summed E-state index contributed by atoms with van der Waals surface area (Å²) in [4.78, 5) is 16.0. The number of hydrogen-bond donors (Lipinski definition) is 2. The zero-order chi connectivity index (χ0) is 16.4. The molecule has 1 fully saturated rings. The van der Waals surface area contributed by atoms with E-state index in [2.05, 4.69) is 10.2 Å². The van der Waals surface area contributed by atoms with Crippen molar-refractivity contribution in [1.29, 1.82) is 0 Å². The number of fused-ring (bicyclic) bond motifs is 1. The smallest absolute Gasteiger partial charge is 0.267 e. The van der Waals surface area contributed by atoms with Gasteiger partial charge in [-0.25, -0.2) is 0 Å². The van der Waals surface area contributed by atoms with Crippen LogP contribution in [0.1, 0.15) is 25.0 Å². The highest BCUT2D eigenvalue weighted by atomic mass is 16.5. The molecule has 0 spiro atoms. The number of piperazine rings is 1. The number of aliphatic hydroxyl groups excluding tert-OH is 1. The lowest BCUT2D eigenvalue weighted by molar-refractivity contribution is -0.125. The van der Waals surface area contributed by atoms with Crippen LogP contribution in [-0.2, 0) is 4.79 Å². The lowest BCUT2D eigenvalue weighted by Crippen LogP contribution is -2.44. The molecule has 2 unspecified atom stereocenters. The molecule has 1 aromatic rings. The number of hydrogen-bond acceptors (Lipinski definition) is 5. The fraction of sp³-hybridized carbons (Fsp3) is 0.588. The molecule has 0 aromatic heterocycles. The molecule has 1 saturated heterocycles. The number of aliphatic hydroxyl groups is 1. The first kappa shape index (κ1) is 16.2. The summed E-state index contributed by atoms with van der Waals surface area (Å²) in [5, 5.41) is 13.8. The summed E-state index contributed by atoms with van der Waals surface area (Å²) in [6, 6.07) is 5.59. The number of likely N-dealkylation sites (N-methyl/N-ethyl adjacent to an activating group) is 1. The number of carbonyl (C=O) groups is 1. The summed E-state index contributed by atoms with van der Waals surface area (Å²) in [6.07, 6.45) is -0.303. The Morgan fingerprint density at radius 1 is 1.39 bits per heavy atom. The van der Waals surface area contributed by atoms with Crippen LogP contribution in [0.5, 0.6) is 5.75 Å². The Hall–Kier alpha value is -1.63. The molecule has 1 aromatic carbocycles. The second kappa shape index (κ2) is 6.86. The first-order valence-electron chi connectivity index (χ1n) is 8.25. The van der Waals surface area contributed by atoms with Crippen molar-refractivity contribution in [2.75, 3.05) is 44.7 Å². The van der Waals surface area contributed by atoms with Crippen molar-refractivity contribution in [2.24, 2.45) is 0 Å². The average molecular weight is 319 g/mol. The minimum atomic E-state index is -0.530. The van der Waals surface area contributed by atoms with Crippen LogP contribution < -0.4 is 15.0 Å². The van der Waals surface area contributed by atoms with Crippen LogP contribution >= 0.6 is 0 Å². The molecule has 3 rings (SSSR count). The predicted molar refractivity (Wildman–Crippen MR) is 88.8 cm³/mol. The van der Waals surface area contributed by atoms with Gasteiger partial charge in [-0.05, 0) is 31.0 Å². The van der Waals surface area contributed by atoms with Crippen molar-refractivity contribution < 1.29 is 14.6 Å². The Morgan fingerprint density at radius 3 is 2.87 bits per heavy atom. The van der Waals surface area contributed by atoms with Gasteiger partial charge in [-0.2, -0.15) is 0 Å². The molecule has 23 heavy (non-hydrogen) atoms. The molecule has 0 aliphatic carbocycles. The molecule has 2 atom stereocenters. The van der Waals surface area contributed by atoms with Gasteiger partial charge in [-0.1, -0.05) is 6.07 Å². The van der Waals surface area contributed by atoms with E-state index in [0.717, 1.165) is 44.0 Å². The summed E-state index contributed by atoms with van der Waals surface area (Å²) >= 11 is 0. The number of anilines is 1. The van der Waals surface area contributed by atoms with Crippen molar-refractivity contribution in [2.45, 2.75) is 25.6 Å². The number of nitrogens with one attached hydrogen (secondary N) is 1. The van der Waals surface area contributed by atoms with Crippen LogP contribution in [0.2, 0.25) is 0 Å². The molecular weight excluding hydrogens is 294 g/mol. The Morgan fingerprint density at radius 2 is 2.13 bits per heavy atom. The Labute approximate surface area is 137 Å². The first-order valence-corrected chi connectivity index (χ1v) is 8.25. The largest absolute Gasteiger partial charge is 0.479 e. The Balaban J connectivity index is 1.67. The van der Waals surface area contributed by atoms with E-state index >= 15 is 0 Å². The van der Waals surface area contributed by atoms with Gasteiger partial charge in [0.1, 0.15) is 5.75 Å². The maximum atomic E-state index is 12.0. The first-order chi connectivity index (χ1) is 11.1. The number of amides is 1. The average Bonchev–Trinajstić information content (AvgIpc) is 2.58. The van der Waals surface area contributed by atoms with Gasteiger partial charge in [0.25, 0.3) is 5.91 Å². The second-order valence-corrected chi connectivity index (χ2v) is 6.28. The Kier molecular flexibility index (Phi) is 4.84. The number of carbonyl (C=O) groups excluding carboxylic acids is 1. The highest BCUT2D eigenvalue weighted by Crippen LogP contribution is 2.35. The van der Waals surface area contributed by atoms with Gasteiger partial charge in [0, 0.05) is 39.8 Å². The lowest BCUT2D eigenvalue weighted by atomic mass is 10.0. The third-order valence-corrected chi connectivity index (χ3v) is 4.64. The predicted octanol–water partition coefficient (Wildman–Crippen LogP) is 0.759. The monoisotopic (exact) mass is 319 g/mol. The molecule has 2 aliphatic rings. The zero-order valence-corrected chi connectivity index (χ0v) is 13.8. The van der Waals surface area contributed by atoms with E-state index in [1.54, 1.807) is 18.9 Å². The van der Waals surface area contributed by atoms with Gasteiger partial charge >= 0.3 is 0 Å². The summed E-state index contributed by atoms with van der Waals surface area (Å²) in [5.41, 5.74) is 1.56. The standard InChI is InChI=1S/C17H25N3O3/c1-12-17(22)19(2)14-11-13(3-4-16(14)23-12)15(21)5-8-20-9-6-18-7-10-20/h3-4,11-12,15,18,21H,5-10H2,1-2H3. The van der Waals surface area contributed by atoms with E-state index in [4.69, 9.17) is 4.74 Å². The highest BCUT2D eigenvalue weighted by molar-refractivity contribution is 5.99. The Bertz CT molecular complexity index is 572. The maximum Gasteiger partial charge on any atom is 0.267 e. The van der Waals surface area contributed by atoms with E-state index in [9.17, 15) is 9.90 Å². The molecule has 2 N–H and O–H groups in total. The quantitative estimate of drug-likeness (QED) is 0.858. The summed E-state index contributed by atoms with van der Waals surface area (Å²) in [6.45, 7) is 6.70. The van der Waals surface area contributed by atoms with Gasteiger partial charge in [-0.3, -0.25) is 4.79 Å². The molecule has 6 nitrogen and oxygen atoms in total. The van der Waals surface area contributed by atoms with E-state index in [1.165, 1.54) is 0 Å². The minimum absolute atomic E-state index is 0.0649. The van der Waals surface area contributed by atoms with Crippen molar-refractivity contribution in [3.63, 3.8) is 0 Å². The fourth-order valence-corrected chi connectivity index (χ4v) is 3.14. The van der Waals surface area contributed by atoms with Crippen LogP contribution in [0, 0.1) is 0 Å². The summed E-state index contributed by atoms with van der Waals surface area (Å²) in [5.74, 6) is 0.627. The third kappa shape index (κ3) is 3.49. The molecule has 2 aliphatic heterocycles. The fourth-order valence-electron chi connectivity index (χ4n) is 3.14. The van der Waals surface area contributed by atoms with Gasteiger partial charge < -0.3 is 25.0 Å². The maximum absolute atomic E-state index is 12.0. The third-order valence-electron chi connectivity index (χ3n) is 4.64. The molecular formula is C17H25N3O3. The van der Waals surface area contributed by atoms with Crippen LogP contribution in [0.3, 0.4) is 0 Å². The van der Waals surface area contributed by atoms with E-state index in [0.29, 0.717) is 12.2 Å². The number of ether oxygens (including phenoxy) is 1. The molecule has 0 saturated carbocycles.